The van der Waals surface area contributed by atoms with Gasteiger partial charge in [-0.25, -0.2) is 0 Å². The van der Waals surface area contributed by atoms with E-state index in [1.54, 1.807) is 0 Å². The Morgan fingerprint density at radius 1 is 1.40 bits per heavy atom. The van der Waals surface area contributed by atoms with E-state index in [0.29, 0.717) is 0 Å². The molecule has 0 saturated heterocycles. The van der Waals surface area contributed by atoms with Gasteiger partial charge in [0.15, 0.2) is 0 Å². The van der Waals surface area contributed by atoms with Gasteiger partial charge >= 0.3 is 40.1 Å². The second-order valence-corrected chi connectivity index (χ2v) is 0.704. The van der Waals surface area contributed by atoms with E-state index in [-0.39, 0.29) is 29.6 Å². The summed E-state index contributed by atoms with van der Waals surface area (Å²) in [6.07, 6.45) is 0. The first-order valence-electron chi connectivity index (χ1n) is 0.537. The Hall–Kier alpha value is 0.620. The summed E-state index contributed by atoms with van der Waals surface area (Å²) in [7, 11) is -2.61. The standard InChI is InChI=1S/HNO2S.Na.H/c1-4(2)3;;/h1H;;. The summed E-state index contributed by atoms with van der Waals surface area (Å²) in [5.41, 5.74) is 0. The van der Waals surface area contributed by atoms with Crippen LogP contribution in [0.4, 0.5) is 0 Å². The summed E-state index contributed by atoms with van der Waals surface area (Å²) >= 11 is 0. The molecule has 0 aliphatic heterocycles. The molecule has 0 spiro atoms. The number of rotatable bonds is 0. The Bertz CT molecular complexity index is 79.0. The molecule has 1 N–H and O–H groups in total. The molecule has 0 bridgehead atoms. The molecule has 0 aliphatic rings. The van der Waals surface area contributed by atoms with E-state index in [1.165, 1.54) is 0 Å². The minimum absolute atomic E-state index is 0. The van der Waals surface area contributed by atoms with Gasteiger partial charge in [0.05, 0.1) is 0 Å². The van der Waals surface area contributed by atoms with Gasteiger partial charge in [0, 0.05) is 0 Å². The molecular weight excluding hydrogens is 101 g/mol. The third kappa shape index (κ3) is 82.5. The monoisotopic (exact) mass is 103 g/mol. The van der Waals surface area contributed by atoms with E-state index < -0.39 is 10.5 Å². The van der Waals surface area contributed by atoms with E-state index in [2.05, 4.69) is 0 Å². The van der Waals surface area contributed by atoms with Crippen LogP contribution in [-0.4, -0.2) is 38.0 Å². The Kier molecular flexibility index (Phi) is 8.46. The van der Waals surface area contributed by atoms with E-state index in [4.69, 9.17) is 13.2 Å². The van der Waals surface area contributed by atoms with Gasteiger partial charge in [-0.05, 0) is 0 Å². The summed E-state index contributed by atoms with van der Waals surface area (Å²) < 4.78 is 22.8. The van der Waals surface area contributed by atoms with Crippen LogP contribution in [0.2, 0.25) is 0 Å². The Balaban J connectivity index is 0. The molecule has 0 fully saturated rings. The number of hydrogen-bond donors (Lipinski definition) is 1. The molecule has 0 radical (unpaired) electrons. The van der Waals surface area contributed by atoms with Crippen molar-refractivity contribution in [3.8, 4) is 0 Å². The van der Waals surface area contributed by atoms with Crippen molar-refractivity contribution in [2.24, 2.45) is 0 Å². The molecule has 0 aromatic rings. The fourth-order valence-electron chi connectivity index (χ4n) is 0. The third-order valence-electron chi connectivity index (χ3n) is 0. The SMILES string of the molecule is N=S(=O)=O.[NaH]. The van der Waals surface area contributed by atoms with E-state index >= 15 is 0 Å². The van der Waals surface area contributed by atoms with Crippen molar-refractivity contribution in [2.75, 3.05) is 0 Å². The van der Waals surface area contributed by atoms with Crippen LogP contribution in [0.3, 0.4) is 0 Å². The van der Waals surface area contributed by atoms with Crippen molar-refractivity contribution < 1.29 is 8.42 Å². The normalized spacial score (nSPS) is 4.80. The molecular formula is H2NNaO2S. The maximum absolute atomic E-state index is 8.67. The zero-order chi connectivity index (χ0) is 3.58. The minimum atomic E-state index is -2.61. The molecule has 0 heterocycles. The molecule has 0 unspecified atom stereocenters. The second kappa shape index (κ2) is 4.62. The Morgan fingerprint density at radius 2 is 1.40 bits per heavy atom. The number of hydrogen-bond acceptors (Lipinski definition) is 3. The molecule has 0 aromatic carbocycles. The van der Waals surface area contributed by atoms with Crippen molar-refractivity contribution in [2.45, 2.75) is 0 Å². The predicted octanol–water partition coefficient (Wildman–Crippen LogP) is -1.02. The predicted molar refractivity (Wildman–Crippen MR) is 18.8 cm³/mol. The second-order valence-electron chi connectivity index (χ2n) is 0.235. The van der Waals surface area contributed by atoms with Crippen molar-refractivity contribution >= 4 is 40.1 Å². The Morgan fingerprint density at radius 3 is 1.40 bits per heavy atom. The van der Waals surface area contributed by atoms with Crippen LogP contribution in [0.1, 0.15) is 0 Å². The van der Waals surface area contributed by atoms with Crippen LogP contribution in [0.25, 0.3) is 0 Å². The van der Waals surface area contributed by atoms with Crippen molar-refractivity contribution in [1.82, 2.24) is 0 Å². The topological polar surface area (TPSA) is 58.0 Å². The van der Waals surface area contributed by atoms with Gasteiger partial charge in [-0.2, -0.15) is 13.2 Å². The molecule has 0 atom stereocenters. The molecule has 0 saturated carbocycles. The summed E-state index contributed by atoms with van der Waals surface area (Å²) in [6.45, 7) is 0. The van der Waals surface area contributed by atoms with Crippen LogP contribution < -0.4 is 0 Å². The van der Waals surface area contributed by atoms with Gasteiger partial charge in [-0.3, -0.25) is 0 Å². The van der Waals surface area contributed by atoms with Gasteiger partial charge in [-0.15, -0.1) is 0 Å². The molecule has 5 heavy (non-hydrogen) atoms. The zero-order valence-electron chi connectivity index (χ0n) is 1.72. The zero-order valence-corrected chi connectivity index (χ0v) is 2.54. The van der Waals surface area contributed by atoms with Gasteiger partial charge in [0.1, 0.15) is 0 Å². The van der Waals surface area contributed by atoms with Crippen molar-refractivity contribution in [3.05, 3.63) is 0 Å². The molecule has 26 valence electrons. The van der Waals surface area contributed by atoms with E-state index in [9.17, 15) is 0 Å². The van der Waals surface area contributed by atoms with E-state index in [0.717, 1.165) is 0 Å². The van der Waals surface area contributed by atoms with Gasteiger partial charge in [0.2, 0.25) is 0 Å². The van der Waals surface area contributed by atoms with Crippen LogP contribution >= 0.6 is 0 Å². The first-order chi connectivity index (χ1) is 1.73. The number of nitrogens with one attached hydrogen (secondary N) is 1. The van der Waals surface area contributed by atoms with Crippen LogP contribution in [0.15, 0.2) is 0 Å². The summed E-state index contributed by atoms with van der Waals surface area (Å²) in [5, 5.41) is 0. The fourth-order valence-corrected chi connectivity index (χ4v) is 0. The third-order valence-corrected chi connectivity index (χ3v) is 0. The van der Waals surface area contributed by atoms with Crippen molar-refractivity contribution in [1.29, 1.82) is 4.78 Å². The Labute approximate surface area is 53.2 Å². The van der Waals surface area contributed by atoms with E-state index in [1.807, 2.05) is 0 Å². The van der Waals surface area contributed by atoms with Crippen LogP contribution in [-0.2, 0) is 10.5 Å². The summed E-state index contributed by atoms with van der Waals surface area (Å²) in [5.74, 6) is 0. The van der Waals surface area contributed by atoms with Gasteiger partial charge in [0.25, 0.3) is 0 Å². The van der Waals surface area contributed by atoms with Crippen molar-refractivity contribution in [3.63, 3.8) is 0 Å². The fraction of sp³-hybridized carbons (Fsp3) is 0. The first-order valence-corrected chi connectivity index (χ1v) is 1.61. The van der Waals surface area contributed by atoms with Gasteiger partial charge < -0.3 is 0 Å². The average molecular weight is 103 g/mol. The van der Waals surface area contributed by atoms with Gasteiger partial charge in [-0.1, -0.05) is 0 Å². The summed E-state index contributed by atoms with van der Waals surface area (Å²) in [6, 6.07) is 0. The molecule has 0 amide bonds. The van der Waals surface area contributed by atoms with Crippen LogP contribution in [0, 0.1) is 4.78 Å². The molecule has 0 aromatic heterocycles. The summed E-state index contributed by atoms with van der Waals surface area (Å²) in [4.78, 5) is 0. The first kappa shape index (κ1) is 9.15. The maximum atomic E-state index is 8.67. The van der Waals surface area contributed by atoms with Crippen LogP contribution in [0.5, 0.6) is 0 Å². The molecule has 3 nitrogen and oxygen atoms in total. The molecule has 0 aliphatic carbocycles. The molecule has 5 heteroatoms. The average Bonchev–Trinajstić information content (AvgIpc) is 0.811. The molecule has 0 rings (SSSR count). The quantitative estimate of drug-likeness (QED) is 0.399.